The van der Waals surface area contributed by atoms with Crippen LogP contribution < -0.4 is 4.74 Å². The van der Waals surface area contributed by atoms with Crippen LogP contribution in [-0.2, 0) is 6.42 Å². The van der Waals surface area contributed by atoms with Crippen molar-refractivity contribution in [2.75, 3.05) is 7.11 Å². The molecule has 1 aliphatic heterocycles. The minimum atomic E-state index is 0.941. The molecular weight excluding hydrogens is 240 g/mol. The number of fused-ring (bicyclic) bond motifs is 1. The second-order valence-electron chi connectivity index (χ2n) is 4.18. The van der Waals surface area contributed by atoms with Crippen molar-refractivity contribution in [2.24, 2.45) is 0 Å². The Morgan fingerprint density at radius 3 is 2.61 bits per heavy atom. The monoisotopic (exact) mass is 254 g/mol. The molecule has 18 heavy (non-hydrogen) atoms. The summed E-state index contributed by atoms with van der Waals surface area (Å²) in [7, 11) is 1.73. The predicted molar refractivity (Wildman–Crippen MR) is 77.0 cm³/mol. The van der Waals surface area contributed by atoms with E-state index in [0.29, 0.717) is 0 Å². The summed E-state index contributed by atoms with van der Waals surface area (Å²) in [6, 6.07) is 16.8. The molecule has 0 unspecified atom stereocenters. The molecule has 3 rings (SSSR count). The molecule has 0 bridgehead atoms. The number of methoxy groups -OCH3 is 1. The number of thioether (sulfide) groups is 1. The van der Waals surface area contributed by atoms with Gasteiger partial charge >= 0.3 is 0 Å². The van der Waals surface area contributed by atoms with Gasteiger partial charge in [-0.3, -0.25) is 0 Å². The van der Waals surface area contributed by atoms with Gasteiger partial charge in [0.2, 0.25) is 0 Å². The van der Waals surface area contributed by atoms with E-state index >= 15 is 0 Å². The fourth-order valence-electron chi connectivity index (χ4n) is 2.17. The number of rotatable bonds is 2. The van der Waals surface area contributed by atoms with E-state index in [0.717, 1.165) is 12.2 Å². The lowest BCUT2D eigenvalue weighted by atomic mass is 10.1. The maximum atomic E-state index is 5.41. The maximum Gasteiger partial charge on any atom is 0.123 e. The van der Waals surface area contributed by atoms with E-state index < -0.39 is 0 Å². The first kappa shape index (κ1) is 11.4. The Hall–Kier alpha value is -1.67. The molecule has 1 heterocycles. The van der Waals surface area contributed by atoms with Gasteiger partial charge in [-0.25, -0.2) is 0 Å². The second-order valence-corrected chi connectivity index (χ2v) is 5.26. The topological polar surface area (TPSA) is 9.23 Å². The normalized spacial score (nSPS) is 13.7. The largest absolute Gasteiger partial charge is 0.496 e. The summed E-state index contributed by atoms with van der Waals surface area (Å²) in [6.07, 6.45) is 3.22. The number of hydrogen-bond acceptors (Lipinski definition) is 2. The van der Waals surface area contributed by atoms with Gasteiger partial charge < -0.3 is 4.74 Å². The second kappa shape index (κ2) is 4.91. The summed E-state index contributed by atoms with van der Waals surface area (Å²) in [5.74, 6) is 0.989. The van der Waals surface area contributed by atoms with Gasteiger partial charge in [-0.1, -0.05) is 54.2 Å². The minimum absolute atomic E-state index is 0.941. The van der Waals surface area contributed by atoms with Crippen LogP contribution in [0.5, 0.6) is 5.75 Å². The molecule has 0 saturated heterocycles. The fraction of sp³-hybridized carbons (Fsp3) is 0.125. The van der Waals surface area contributed by atoms with Crippen molar-refractivity contribution < 1.29 is 4.74 Å². The van der Waals surface area contributed by atoms with Crippen LogP contribution in [0, 0.1) is 0 Å². The van der Waals surface area contributed by atoms with Gasteiger partial charge in [-0.2, -0.15) is 0 Å². The number of benzene rings is 2. The van der Waals surface area contributed by atoms with Crippen LogP contribution in [0.2, 0.25) is 0 Å². The van der Waals surface area contributed by atoms with Gasteiger partial charge in [-0.05, 0) is 24.1 Å². The Morgan fingerprint density at radius 2 is 1.83 bits per heavy atom. The molecule has 0 amide bonds. The lowest BCUT2D eigenvalue weighted by molar-refractivity contribution is 0.409. The number of allylic oxidation sites excluding steroid dienone is 1. The molecule has 90 valence electrons. The van der Waals surface area contributed by atoms with Crippen molar-refractivity contribution in [3.63, 3.8) is 0 Å². The average molecular weight is 254 g/mol. The third-order valence-electron chi connectivity index (χ3n) is 3.08. The lowest BCUT2D eigenvalue weighted by Crippen LogP contribution is -1.98. The highest BCUT2D eigenvalue weighted by Gasteiger charge is 2.16. The molecule has 1 aliphatic rings. The molecule has 2 aromatic rings. The van der Waals surface area contributed by atoms with Gasteiger partial charge in [0.15, 0.2) is 0 Å². The Bertz CT molecular complexity index is 587. The predicted octanol–water partition coefficient (Wildman–Crippen LogP) is 4.38. The summed E-state index contributed by atoms with van der Waals surface area (Å²) in [5, 5.41) is 0. The zero-order valence-corrected chi connectivity index (χ0v) is 11.0. The molecule has 0 fully saturated rings. The van der Waals surface area contributed by atoms with E-state index in [1.807, 2.05) is 17.8 Å². The molecule has 0 N–H and O–H groups in total. The zero-order chi connectivity index (χ0) is 12.4. The number of hydrogen-bond donors (Lipinski definition) is 0. The highest BCUT2D eigenvalue weighted by Crippen LogP contribution is 2.43. The lowest BCUT2D eigenvalue weighted by Gasteiger charge is -2.18. The zero-order valence-electron chi connectivity index (χ0n) is 10.2. The number of ether oxygens (including phenoxy) is 1. The molecule has 2 heteroatoms. The summed E-state index contributed by atoms with van der Waals surface area (Å²) in [5.41, 5.74) is 2.58. The molecule has 2 aromatic carbocycles. The third-order valence-corrected chi connectivity index (χ3v) is 4.30. The van der Waals surface area contributed by atoms with Crippen LogP contribution in [0.4, 0.5) is 0 Å². The summed E-state index contributed by atoms with van der Waals surface area (Å²) in [6.45, 7) is 0. The van der Waals surface area contributed by atoms with Crippen molar-refractivity contribution >= 4 is 16.7 Å². The maximum absolute atomic E-state index is 5.41. The van der Waals surface area contributed by atoms with Gasteiger partial charge in [0.25, 0.3) is 0 Å². The van der Waals surface area contributed by atoms with E-state index in [-0.39, 0.29) is 0 Å². The van der Waals surface area contributed by atoms with Crippen molar-refractivity contribution in [1.82, 2.24) is 0 Å². The van der Waals surface area contributed by atoms with Gasteiger partial charge in [0, 0.05) is 15.4 Å². The molecule has 0 atom stereocenters. The van der Waals surface area contributed by atoms with Gasteiger partial charge in [-0.15, -0.1) is 0 Å². The Kier molecular flexibility index (Phi) is 3.11. The van der Waals surface area contributed by atoms with Crippen LogP contribution in [0.3, 0.4) is 0 Å². The van der Waals surface area contributed by atoms with E-state index in [1.54, 1.807) is 7.11 Å². The Morgan fingerprint density at radius 1 is 1.00 bits per heavy atom. The Balaban J connectivity index is 1.96. The van der Waals surface area contributed by atoms with Crippen molar-refractivity contribution in [1.29, 1.82) is 0 Å². The van der Waals surface area contributed by atoms with Crippen LogP contribution in [-0.4, -0.2) is 7.11 Å². The molecule has 0 aliphatic carbocycles. The third kappa shape index (κ3) is 2.04. The van der Waals surface area contributed by atoms with E-state index in [1.165, 1.54) is 20.9 Å². The first-order chi connectivity index (χ1) is 8.88. The average Bonchev–Trinajstić information content (AvgIpc) is 2.47. The first-order valence-corrected chi connectivity index (χ1v) is 6.79. The van der Waals surface area contributed by atoms with E-state index in [4.69, 9.17) is 4.74 Å². The van der Waals surface area contributed by atoms with Crippen molar-refractivity contribution in [2.45, 2.75) is 11.3 Å². The quantitative estimate of drug-likeness (QED) is 0.786. The Labute approximate surface area is 111 Å². The molecule has 1 nitrogen and oxygen atoms in total. The molecule has 0 aromatic heterocycles. The highest BCUT2D eigenvalue weighted by atomic mass is 32.2. The van der Waals surface area contributed by atoms with Crippen LogP contribution in [0.1, 0.15) is 11.1 Å². The SMILES string of the molecule is COc1cccc2c1CC=C(c1ccccc1)S2. The summed E-state index contributed by atoms with van der Waals surface area (Å²) < 4.78 is 5.41. The minimum Gasteiger partial charge on any atom is -0.496 e. The summed E-state index contributed by atoms with van der Waals surface area (Å²) >= 11 is 1.82. The van der Waals surface area contributed by atoms with Crippen LogP contribution in [0.25, 0.3) is 4.91 Å². The molecular formula is C16H14OS. The smallest absolute Gasteiger partial charge is 0.123 e. The van der Waals surface area contributed by atoms with Crippen LogP contribution in [0.15, 0.2) is 59.5 Å². The molecule has 0 saturated carbocycles. The standard InChI is InChI=1S/C16H14OS/c1-17-14-8-5-9-16-13(14)10-11-15(18-16)12-6-3-2-4-7-12/h2-9,11H,10H2,1H3. The molecule has 0 spiro atoms. The van der Waals surface area contributed by atoms with Crippen molar-refractivity contribution in [3.05, 3.63) is 65.7 Å². The summed E-state index contributed by atoms with van der Waals surface area (Å²) in [4.78, 5) is 2.63. The van der Waals surface area contributed by atoms with Gasteiger partial charge in [0.1, 0.15) is 5.75 Å². The van der Waals surface area contributed by atoms with Crippen LogP contribution >= 0.6 is 11.8 Å². The highest BCUT2D eigenvalue weighted by molar-refractivity contribution is 8.08. The van der Waals surface area contributed by atoms with Crippen molar-refractivity contribution in [3.8, 4) is 5.75 Å². The molecule has 0 radical (unpaired) electrons. The van der Waals surface area contributed by atoms with E-state index in [2.05, 4.69) is 48.5 Å². The fourth-order valence-corrected chi connectivity index (χ4v) is 3.28. The van der Waals surface area contributed by atoms with E-state index in [9.17, 15) is 0 Å². The first-order valence-electron chi connectivity index (χ1n) is 5.98. The van der Waals surface area contributed by atoms with Gasteiger partial charge in [0.05, 0.1) is 7.11 Å².